The topological polar surface area (TPSA) is 38.3 Å². The number of ether oxygens (including phenoxy) is 1. The summed E-state index contributed by atoms with van der Waals surface area (Å²) in [7, 11) is 0. The van der Waals surface area contributed by atoms with Crippen LogP contribution in [0.15, 0.2) is 24.3 Å². The predicted octanol–water partition coefficient (Wildman–Crippen LogP) is 2.12. The van der Waals surface area contributed by atoms with E-state index in [2.05, 4.69) is 5.32 Å². The molecule has 0 spiro atoms. The molecule has 0 saturated heterocycles. The van der Waals surface area contributed by atoms with Crippen molar-refractivity contribution in [1.82, 2.24) is 5.32 Å². The second-order valence-corrected chi connectivity index (χ2v) is 4.54. The molecule has 0 bridgehead atoms. The number of rotatable bonds is 3. The van der Waals surface area contributed by atoms with Crippen LogP contribution >= 0.6 is 0 Å². The van der Waals surface area contributed by atoms with Crippen LogP contribution < -0.4 is 10.1 Å². The second-order valence-electron chi connectivity index (χ2n) is 4.54. The third kappa shape index (κ3) is 4.77. The van der Waals surface area contributed by atoms with E-state index in [4.69, 9.17) is 4.74 Å². The number of hydrogen-bond donors (Lipinski definition) is 1. The van der Waals surface area contributed by atoms with Crippen molar-refractivity contribution in [2.45, 2.75) is 26.3 Å². The van der Waals surface area contributed by atoms with Crippen molar-refractivity contribution >= 4 is 5.91 Å². The average molecular weight is 225 g/mol. The van der Waals surface area contributed by atoms with Gasteiger partial charge in [-0.2, -0.15) is 0 Å². The average Bonchev–Trinajstić information content (AvgIpc) is 2.12. The van der Waals surface area contributed by atoms with Crippen LogP contribution in [0.25, 0.3) is 0 Å². The normalized spacial score (nSPS) is 11.0. The van der Waals surface area contributed by atoms with Gasteiger partial charge in [0.15, 0.2) is 6.61 Å². The SMILES string of the molecule is CC(C)(C)NC(=O)COc1cccc(F)c1. The Hall–Kier alpha value is -1.58. The Morgan fingerprint density at radius 2 is 2.12 bits per heavy atom. The molecule has 4 heteroatoms. The molecule has 1 N–H and O–H groups in total. The van der Waals surface area contributed by atoms with Gasteiger partial charge in [-0.25, -0.2) is 4.39 Å². The number of carbonyl (C=O) groups is 1. The summed E-state index contributed by atoms with van der Waals surface area (Å²) in [5.41, 5.74) is -0.289. The summed E-state index contributed by atoms with van der Waals surface area (Å²) in [6.07, 6.45) is 0. The van der Waals surface area contributed by atoms with Gasteiger partial charge in [-0.05, 0) is 32.9 Å². The fraction of sp³-hybridized carbons (Fsp3) is 0.417. The molecule has 0 fully saturated rings. The molecule has 0 heterocycles. The van der Waals surface area contributed by atoms with Crippen LogP contribution in [0.3, 0.4) is 0 Å². The van der Waals surface area contributed by atoms with Crippen LogP contribution in [0.1, 0.15) is 20.8 Å². The fourth-order valence-corrected chi connectivity index (χ4v) is 1.16. The van der Waals surface area contributed by atoms with Gasteiger partial charge in [-0.1, -0.05) is 6.07 Å². The van der Waals surface area contributed by atoms with Crippen molar-refractivity contribution < 1.29 is 13.9 Å². The van der Waals surface area contributed by atoms with Crippen LogP contribution in [0.4, 0.5) is 4.39 Å². The third-order valence-electron chi connectivity index (χ3n) is 1.68. The molecule has 88 valence electrons. The largest absolute Gasteiger partial charge is 0.484 e. The zero-order chi connectivity index (χ0) is 12.2. The summed E-state index contributed by atoms with van der Waals surface area (Å²) in [6.45, 7) is 5.54. The van der Waals surface area contributed by atoms with E-state index in [-0.39, 0.29) is 23.9 Å². The van der Waals surface area contributed by atoms with E-state index in [1.165, 1.54) is 18.2 Å². The van der Waals surface area contributed by atoms with E-state index in [0.717, 1.165) is 0 Å². The highest BCUT2D eigenvalue weighted by Crippen LogP contribution is 2.11. The van der Waals surface area contributed by atoms with Gasteiger partial charge in [0.05, 0.1) is 0 Å². The van der Waals surface area contributed by atoms with E-state index in [1.54, 1.807) is 6.07 Å². The maximum Gasteiger partial charge on any atom is 0.258 e. The summed E-state index contributed by atoms with van der Waals surface area (Å²) in [6, 6.07) is 5.70. The van der Waals surface area contributed by atoms with Crippen molar-refractivity contribution in [3.05, 3.63) is 30.1 Å². The molecule has 3 nitrogen and oxygen atoms in total. The first-order valence-electron chi connectivity index (χ1n) is 5.06. The molecule has 0 aliphatic carbocycles. The maximum atomic E-state index is 12.8. The predicted molar refractivity (Wildman–Crippen MR) is 59.8 cm³/mol. The van der Waals surface area contributed by atoms with Crippen molar-refractivity contribution in [3.8, 4) is 5.75 Å². The molecule has 0 radical (unpaired) electrons. The molecule has 0 aliphatic rings. The van der Waals surface area contributed by atoms with Gasteiger partial charge >= 0.3 is 0 Å². The Morgan fingerprint density at radius 1 is 1.44 bits per heavy atom. The Morgan fingerprint density at radius 3 is 2.69 bits per heavy atom. The van der Waals surface area contributed by atoms with Gasteiger partial charge in [0.1, 0.15) is 11.6 Å². The van der Waals surface area contributed by atoms with Gasteiger partial charge in [0.25, 0.3) is 5.91 Å². The summed E-state index contributed by atoms with van der Waals surface area (Å²) in [5.74, 6) is -0.255. The van der Waals surface area contributed by atoms with Gasteiger partial charge in [0, 0.05) is 11.6 Å². The molecule has 16 heavy (non-hydrogen) atoms. The third-order valence-corrected chi connectivity index (χ3v) is 1.68. The number of benzene rings is 1. The number of hydrogen-bond acceptors (Lipinski definition) is 2. The number of carbonyl (C=O) groups excluding carboxylic acids is 1. The number of amides is 1. The Bertz CT molecular complexity index is 372. The van der Waals surface area contributed by atoms with Gasteiger partial charge in [-0.15, -0.1) is 0 Å². The van der Waals surface area contributed by atoms with E-state index in [1.807, 2.05) is 20.8 Å². The van der Waals surface area contributed by atoms with Crippen LogP contribution in [-0.2, 0) is 4.79 Å². The Kier molecular flexibility index (Phi) is 3.88. The van der Waals surface area contributed by atoms with Crippen LogP contribution in [0, 0.1) is 5.82 Å². The van der Waals surface area contributed by atoms with E-state index in [9.17, 15) is 9.18 Å². The molecular formula is C12H16FNO2. The van der Waals surface area contributed by atoms with Crippen molar-refractivity contribution in [1.29, 1.82) is 0 Å². The zero-order valence-electron chi connectivity index (χ0n) is 9.71. The highest BCUT2D eigenvalue weighted by atomic mass is 19.1. The fourth-order valence-electron chi connectivity index (χ4n) is 1.16. The highest BCUT2D eigenvalue weighted by molar-refractivity contribution is 5.78. The lowest BCUT2D eigenvalue weighted by molar-refractivity contribution is -0.124. The molecule has 1 aromatic carbocycles. The molecule has 1 amide bonds. The Labute approximate surface area is 94.6 Å². The molecule has 0 aromatic heterocycles. The summed E-state index contributed by atoms with van der Waals surface area (Å²) in [5, 5.41) is 2.75. The molecular weight excluding hydrogens is 209 g/mol. The molecule has 1 aromatic rings. The first-order valence-corrected chi connectivity index (χ1v) is 5.06. The van der Waals surface area contributed by atoms with Crippen molar-refractivity contribution in [3.63, 3.8) is 0 Å². The van der Waals surface area contributed by atoms with Gasteiger partial charge in [0.2, 0.25) is 0 Å². The van der Waals surface area contributed by atoms with Crippen molar-refractivity contribution in [2.24, 2.45) is 0 Å². The van der Waals surface area contributed by atoms with Gasteiger partial charge < -0.3 is 10.1 Å². The van der Waals surface area contributed by atoms with Gasteiger partial charge in [-0.3, -0.25) is 4.79 Å². The monoisotopic (exact) mass is 225 g/mol. The molecule has 0 atom stereocenters. The van der Waals surface area contributed by atoms with Crippen LogP contribution in [-0.4, -0.2) is 18.1 Å². The molecule has 1 rings (SSSR count). The smallest absolute Gasteiger partial charge is 0.258 e. The number of nitrogens with one attached hydrogen (secondary N) is 1. The lowest BCUT2D eigenvalue weighted by Crippen LogP contribution is -2.43. The lowest BCUT2D eigenvalue weighted by atomic mass is 10.1. The summed E-state index contributed by atoms with van der Waals surface area (Å²) < 4.78 is 17.9. The minimum atomic E-state index is -0.381. The first-order chi connectivity index (χ1) is 7.37. The minimum absolute atomic E-state index is 0.110. The molecule has 0 unspecified atom stereocenters. The van der Waals surface area contributed by atoms with E-state index < -0.39 is 0 Å². The second kappa shape index (κ2) is 4.96. The van der Waals surface area contributed by atoms with Crippen molar-refractivity contribution in [2.75, 3.05) is 6.61 Å². The van der Waals surface area contributed by atoms with Crippen LogP contribution in [0.5, 0.6) is 5.75 Å². The lowest BCUT2D eigenvalue weighted by Gasteiger charge is -2.20. The Balaban J connectivity index is 2.43. The van der Waals surface area contributed by atoms with E-state index >= 15 is 0 Å². The zero-order valence-corrected chi connectivity index (χ0v) is 9.71. The van der Waals surface area contributed by atoms with Crippen LogP contribution in [0.2, 0.25) is 0 Å². The summed E-state index contributed by atoms with van der Waals surface area (Å²) in [4.78, 5) is 11.4. The standard InChI is InChI=1S/C12H16FNO2/c1-12(2,3)14-11(15)8-16-10-6-4-5-9(13)7-10/h4-7H,8H2,1-3H3,(H,14,15). The van der Waals surface area contributed by atoms with E-state index in [0.29, 0.717) is 5.75 Å². The number of halogens is 1. The highest BCUT2D eigenvalue weighted by Gasteiger charge is 2.13. The quantitative estimate of drug-likeness (QED) is 0.855. The summed E-state index contributed by atoms with van der Waals surface area (Å²) >= 11 is 0. The first kappa shape index (κ1) is 12.5. The minimum Gasteiger partial charge on any atom is -0.484 e. The molecule has 0 aliphatic heterocycles. The maximum absolute atomic E-state index is 12.8. The molecule has 0 saturated carbocycles.